The molecule has 0 aromatic carbocycles. The monoisotopic (exact) mass is 251 g/mol. The summed E-state index contributed by atoms with van der Waals surface area (Å²) >= 11 is 0. The summed E-state index contributed by atoms with van der Waals surface area (Å²) in [6.07, 6.45) is 3.77. The van der Waals surface area contributed by atoms with Crippen molar-refractivity contribution in [2.24, 2.45) is 0 Å². The molecule has 18 heavy (non-hydrogen) atoms. The van der Waals surface area contributed by atoms with Crippen molar-refractivity contribution in [3.05, 3.63) is 29.7 Å². The van der Waals surface area contributed by atoms with Crippen LogP contribution < -0.4 is 0 Å². The quantitative estimate of drug-likeness (QED) is 0.789. The molecule has 0 aliphatic heterocycles. The summed E-state index contributed by atoms with van der Waals surface area (Å²) in [6, 6.07) is 3.80. The zero-order valence-corrected chi connectivity index (χ0v) is 11.2. The Bertz CT molecular complexity index is 407. The highest BCUT2D eigenvalue weighted by Gasteiger charge is 2.13. The van der Waals surface area contributed by atoms with E-state index in [0.717, 1.165) is 5.76 Å². The van der Waals surface area contributed by atoms with Crippen molar-refractivity contribution in [1.82, 2.24) is 4.90 Å². The van der Waals surface area contributed by atoms with Crippen molar-refractivity contribution in [3.8, 4) is 0 Å². The lowest BCUT2D eigenvalue weighted by molar-refractivity contribution is -0.127. The Kier molecular flexibility index (Phi) is 5.65. The standard InChI is InChI=1S/C14H21NO3/c1-11(2)15(9-4-10-16)14(17)8-7-13-6-5-12(3)18-13/h5-8,11,16H,4,9-10H2,1-3H3/b8-7+. The van der Waals surface area contributed by atoms with Gasteiger partial charge >= 0.3 is 0 Å². The Morgan fingerprint density at radius 3 is 2.72 bits per heavy atom. The second kappa shape index (κ2) is 7.01. The number of nitrogens with zero attached hydrogens (tertiary/aromatic N) is 1. The maximum atomic E-state index is 12.0. The van der Waals surface area contributed by atoms with Gasteiger partial charge in [-0.3, -0.25) is 4.79 Å². The van der Waals surface area contributed by atoms with Gasteiger partial charge in [-0.2, -0.15) is 0 Å². The summed E-state index contributed by atoms with van der Waals surface area (Å²) in [7, 11) is 0. The fourth-order valence-corrected chi connectivity index (χ4v) is 1.66. The van der Waals surface area contributed by atoms with Crippen molar-refractivity contribution in [2.45, 2.75) is 33.2 Å². The van der Waals surface area contributed by atoms with Gasteiger partial charge in [-0.25, -0.2) is 0 Å². The van der Waals surface area contributed by atoms with E-state index in [1.807, 2.05) is 32.9 Å². The van der Waals surface area contributed by atoms with E-state index in [9.17, 15) is 4.79 Å². The van der Waals surface area contributed by atoms with E-state index in [-0.39, 0.29) is 18.6 Å². The van der Waals surface area contributed by atoms with Crippen molar-refractivity contribution in [1.29, 1.82) is 0 Å². The molecule has 0 aliphatic rings. The van der Waals surface area contributed by atoms with Crippen molar-refractivity contribution >= 4 is 12.0 Å². The van der Waals surface area contributed by atoms with Crippen LogP contribution in [0.4, 0.5) is 0 Å². The molecule has 0 bridgehead atoms. The number of hydrogen-bond donors (Lipinski definition) is 1. The minimum absolute atomic E-state index is 0.0625. The molecule has 4 nitrogen and oxygen atoms in total. The molecule has 1 N–H and O–H groups in total. The molecular weight excluding hydrogens is 230 g/mol. The Hall–Kier alpha value is -1.55. The molecule has 1 rings (SSSR count). The van der Waals surface area contributed by atoms with Gasteiger partial charge in [0.15, 0.2) is 0 Å². The molecule has 0 saturated heterocycles. The lowest BCUT2D eigenvalue weighted by atomic mass is 10.2. The lowest BCUT2D eigenvalue weighted by Crippen LogP contribution is -2.36. The molecular formula is C14H21NO3. The Morgan fingerprint density at radius 1 is 1.50 bits per heavy atom. The van der Waals surface area contributed by atoms with E-state index in [1.54, 1.807) is 11.0 Å². The van der Waals surface area contributed by atoms with E-state index in [4.69, 9.17) is 9.52 Å². The molecule has 100 valence electrons. The van der Waals surface area contributed by atoms with Crippen molar-refractivity contribution in [2.75, 3.05) is 13.2 Å². The second-order valence-corrected chi connectivity index (χ2v) is 4.48. The van der Waals surface area contributed by atoms with Crippen molar-refractivity contribution < 1.29 is 14.3 Å². The van der Waals surface area contributed by atoms with E-state index in [2.05, 4.69) is 0 Å². The van der Waals surface area contributed by atoms with Crippen LogP contribution in [0.5, 0.6) is 0 Å². The van der Waals surface area contributed by atoms with Gasteiger partial charge in [-0.1, -0.05) is 0 Å². The number of aliphatic hydroxyl groups excluding tert-OH is 1. The molecule has 0 radical (unpaired) electrons. The first-order valence-corrected chi connectivity index (χ1v) is 6.20. The molecule has 0 spiro atoms. The van der Waals surface area contributed by atoms with Gasteiger partial charge in [0.2, 0.25) is 5.91 Å². The number of rotatable bonds is 6. The third-order valence-electron chi connectivity index (χ3n) is 2.61. The van der Waals surface area contributed by atoms with Gasteiger partial charge in [-0.15, -0.1) is 0 Å². The minimum atomic E-state index is -0.0625. The molecule has 0 fully saturated rings. The molecule has 1 amide bonds. The third kappa shape index (κ3) is 4.37. The van der Waals surface area contributed by atoms with Crippen LogP contribution in [0, 0.1) is 6.92 Å². The number of carbonyl (C=O) groups excluding carboxylic acids is 1. The Morgan fingerprint density at radius 2 is 2.22 bits per heavy atom. The van der Waals surface area contributed by atoms with E-state index >= 15 is 0 Å². The smallest absolute Gasteiger partial charge is 0.246 e. The summed E-state index contributed by atoms with van der Waals surface area (Å²) in [5.74, 6) is 1.43. The van der Waals surface area contributed by atoms with E-state index in [1.165, 1.54) is 6.08 Å². The Labute approximate surface area is 108 Å². The van der Waals surface area contributed by atoms with Crippen LogP contribution in [0.3, 0.4) is 0 Å². The van der Waals surface area contributed by atoms with Gasteiger partial charge in [0.05, 0.1) is 0 Å². The zero-order valence-electron chi connectivity index (χ0n) is 11.2. The van der Waals surface area contributed by atoms with Crippen molar-refractivity contribution in [3.63, 3.8) is 0 Å². The van der Waals surface area contributed by atoms with Crippen LogP contribution in [-0.2, 0) is 4.79 Å². The molecule has 1 aromatic heterocycles. The average Bonchev–Trinajstić information content (AvgIpc) is 2.72. The average molecular weight is 251 g/mol. The van der Waals surface area contributed by atoms with Gasteiger partial charge in [-0.05, 0) is 45.4 Å². The maximum absolute atomic E-state index is 12.0. The minimum Gasteiger partial charge on any atom is -0.462 e. The van der Waals surface area contributed by atoms with Crippen LogP contribution in [0.15, 0.2) is 22.6 Å². The fraction of sp³-hybridized carbons (Fsp3) is 0.500. The van der Waals surface area contributed by atoms with Crippen LogP contribution in [0.25, 0.3) is 6.08 Å². The Balaban J connectivity index is 2.63. The number of aliphatic hydroxyl groups is 1. The van der Waals surface area contributed by atoms with Crippen LogP contribution >= 0.6 is 0 Å². The molecule has 0 aliphatic carbocycles. The molecule has 1 heterocycles. The second-order valence-electron chi connectivity index (χ2n) is 4.48. The molecule has 1 aromatic rings. The lowest BCUT2D eigenvalue weighted by Gasteiger charge is -2.25. The summed E-state index contributed by atoms with van der Waals surface area (Å²) in [5.41, 5.74) is 0. The highest BCUT2D eigenvalue weighted by molar-refractivity contribution is 5.91. The van der Waals surface area contributed by atoms with Gasteiger partial charge < -0.3 is 14.4 Å². The topological polar surface area (TPSA) is 53.7 Å². The first-order valence-electron chi connectivity index (χ1n) is 6.20. The van der Waals surface area contributed by atoms with Crippen LogP contribution in [0.2, 0.25) is 0 Å². The molecule has 4 heteroatoms. The first kappa shape index (κ1) is 14.5. The fourth-order valence-electron chi connectivity index (χ4n) is 1.66. The number of hydrogen-bond acceptors (Lipinski definition) is 3. The normalized spacial score (nSPS) is 11.4. The first-order chi connectivity index (χ1) is 8.54. The SMILES string of the molecule is Cc1ccc(/C=C/C(=O)N(CCCO)C(C)C)o1. The largest absolute Gasteiger partial charge is 0.462 e. The number of furan rings is 1. The number of aryl methyl sites for hydroxylation is 1. The zero-order chi connectivity index (χ0) is 13.5. The number of carbonyl (C=O) groups is 1. The van der Waals surface area contributed by atoms with Gasteiger partial charge in [0, 0.05) is 25.3 Å². The molecule has 0 unspecified atom stereocenters. The maximum Gasteiger partial charge on any atom is 0.246 e. The summed E-state index contributed by atoms with van der Waals surface area (Å²) in [6.45, 7) is 6.44. The highest BCUT2D eigenvalue weighted by atomic mass is 16.3. The summed E-state index contributed by atoms with van der Waals surface area (Å²) < 4.78 is 5.36. The molecule has 0 saturated carbocycles. The predicted molar refractivity (Wildman–Crippen MR) is 71.0 cm³/mol. The van der Waals surface area contributed by atoms with Gasteiger partial charge in [0.25, 0.3) is 0 Å². The van der Waals surface area contributed by atoms with E-state index in [0.29, 0.717) is 18.7 Å². The summed E-state index contributed by atoms with van der Waals surface area (Å²) in [4.78, 5) is 13.7. The van der Waals surface area contributed by atoms with Crippen LogP contribution in [0.1, 0.15) is 31.8 Å². The third-order valence-corrected chi connectivity index (χ3v) is 2.61. The number of amides is 1. The van der Waals surface area contributed by atoms with E-state index < -0.39 is 0 Å². The summed E-state index contributed by atoms with van der Waals surface area (Å²) in [5, 5.41) is 8.82. The van der Waals surface area contributed by atoms with Crippen LogP contribution in [-0.4, -0.2) is 35.1 Å². The highest BCUT2D eigenvalue weighted by Crippen LogP contribution is 2.09. The predicted octanol–water partition coefficient (Wildman–Crippen LogP) is 2.22. The van der Waals surface area contributed by atoms with Gasteiger partial charge in [0.1, 0.15) is 11.5 Å². The molecule has 0 atom stereocenters.